The summed E-state index contributed by atoms with van der Waals surface area (Å²) in [6, 6.07) is 7.36. The molecule has 3 aromatic rings. The van der Waals surface area contributed by atoms with E-state index in [1.165, 1.54) is 0 Å². The topological polar surface area (TPSA) is 120 Å². The third-order valence-electron chi connectivity index (χ3n) is 2.54. The molecule has 0 fully saturated rings. The molecule has 3 heterocycles. The molecule has 0 amide bonds. The summed E-state index contributed by atoms with van der Waals surface area (Å²) in [4.78, 5) is 12.9. The Labute approximate surface area is 146 Å². The summed E-state index contributed by atoms with van der Waals surface area (Å²) in [5.41, 5.74) is 7.39. The first-order chi connectivity index (χ1) is 12.2. The van der Waals surface area contributed by atoms with Crippen molar-refractivity contribution in [2.75, 3.05) is 5.73 Å². The Bertz CT molecular complexity index is 794. The highest BCUT2D eigenvalue weighted by atomic mass is 19.4. The maximum atomic E-state index is 10.6. The van der Waals surface area contributed by atoms with Gasteiger partial charge in [0.1, 0.15) is 5.82 Å². The van der Waals surface area contributed by atoms with Crippen molar-refractivity contribution in [3.8, 4) is 11.1 Å². The van der Waals surface area contributed by atoms with E-state index in [2.05, 4.69) is 20.3 Å². The van der Waals surface area contributed by atoms with E-state index in [9.17, 15) is 13.2 Å². The van der Waals surface area contributed by atoms with Crippen LogP contribution in [-0.4, -0.2) is 42.2 Å². The molecule has 0 aliphatic rings. The molecule has 138 valence electrons. The molecule has 3 N–H and O–H groups in total. The molecule has 3 rings (SSSR count). The number of anilines is 1. The van der Waals surface area contributed by atoms with Crippen molar-refractivity contribution in [1.29, 1.82) is 0 Å². The highest BCUT2D eigenvalue weighted by Crippen LogP contribution is 2.15. The summed E-state index contributed by atoms with van der Waals surface area (Å²) < 4.78 is 33.5. The van der Waals surface area contributed by atoms with E-state index in [1.807, 2.05) is 37.8 Å². The van der Waals surface area contributed by atoms with Gasteiger partial charge in [0.15, 0.2) is 0 Å². The Hall–Kier alpha value is -3.50. The highest BCUT2D eigenvalue weighted by molar-refractivity contribution is 5.73. The molecule has 0 atom stereocenters. The van der Waals surface area contributed by atoms with Gasteiger partial charge < -0.3 is 10.8 Å². The zero-order valence-corrected chi connectivity index (χ0v) is 13.5. The van der Waals surface area contributed by atoms with E-state index in [4.69, 9.17) is 15.6 Å². The second-order valence-electron chi connectivity index (χ2n) is 4.60. The number of carbonyl (C=O) groups is 1. The van der Waals surface area contributed by atoms with Crippen LogP contribution in [0.15, 0.2) is 55.2 Å². The van der Waals surface area contributed by atoms with Gasteiger partial charge >= 0.3 is 12.1 Å². The van der Waals surface area contributed by atoms with Crippen molar-refractivity contribution in [1.82, 2.24) is 25.0 Å². The molecular weight excluding hydrogens is 353 g/mol. The van der Waals surface area contributed by atoms with Crippen LogP contribution in [0.4, 0.5) is 19.0 Å². The van der Waals surface area contributed by atoms with E-state index in [0.717, 1.165) is 11.1 Å². The van der Waals surface area contributed by atoms with E-state index in [-0.39, 0.29) is 0 Å². The number of aliphatic carboxylic acids is 1. The zero-order chi connectivity index (χ0) is 19.6. The van der Waals surface area contributed by atoms with Crippen LogP contribution in [0.1, 0.15) is 0 Å². The third-order valence-corrected chi connectivity index (χ3v) is 2.54. The van der Waals surface area contributed by atoms with Crippen molar-refractivity contribution in [2.45, 2.75) is 6.18 Å². The molecule has 0 saturated carbocycles. The summed E-state index contributed by atoms with van der Waals surface area (Å²) in [6.45, 7) is 0. The zero-order valence-electron chi connectivity index (χ0n) is 13.5. The van der Waals surface area contributed by atoms with Gasteiger partial charge in [-0.3, -0.25) is 9.67 Å². The number of pyridine rings is 1. The third kappa shape index (κ3) is 7.86. The minimum Gasteiger partial charge on any atom is -0.475 e. The van der Waals surface area contributed by atoms with Crippen molar-refractivity contribution >= 4 is 11.8 Å². The lowest BCUT2D eigenvalue weighted by Crippen LogP contribution is -2.21. The molecule has 3 aromatic heterocycles. The van der Waals surface area contributed by atoms with Crippen LogP contribution in [0, 0.1) is 0 Å². The molecule has 0 unspecified atom stereocenters. The minimum atomic E-state index is -5.08. The van der Waals surface area contributed by atoms with Crippen LogP contribution in [-0.2, 0) is 11.8 Å². The van der Waals surface area contributed by atoms with Gasteiger partial charge in [-0.25, -0.2) is 4.79 Å². The maximum absolute atomic E-state index is 10.6. The monoisotopic (exact) mass is 368 g/mol. The van der Waals surface area contributed by atoms with Gasteiger partial charge in [-0.2, -0.15) is 23.4 Å². The van der Waals surface area contributed by atoms with Gasteiger partial charge in [0, 0.05) is 43.0 Å². The molecule has 0 saturated heterocycles. The molecule has 26 heavy (non-hydrogen) atoms. The number of halogens is 3. The summed E-state index contributed by atoms with van der Waals surface area (Å²) in [5.74, 6) is -2.30. The van der Waals surface area contributed by atoms with Crippen LogP contribution >= 0.6 is 0 Å². The fourth-order valence-electron chi connectivity index (χ4n) is 1.42. The minimum absolute atomic E-state index is 0.461. The van der Waals surface area contributed by atoms with Crippen LogP contribution in [0.5, 0.6) is 0 Å². The molecule has 0 aliphatic heterocycles. The summed E-state index contributed by atoms with van der Waals surface area (Å²) in [5, 5.41) is 18.2. The van der Waals surface area contributed by atoms with Gasteiger partial charge in [0.05, 0.1) is 6.20 Å². The smallest absolute Gasteiger partial charge is 0.475 e. The molecule has 0 aromatic carbocycles. The molecular formula is C15H15F3N6O2. The number of carboxylic acid groups (broad SMARTS) is 1. The van der Waals surface area contributed by atoms with Gasteiger partial charge in [0.25, 0.3) is 0 Å². The molecule has 0 spiro atoms. The Balaban J connectivity index is 0.000000210. The number of aryl methyl sites for hydroxylation is 1. The number of carboxylic acids is 1. The van der Waals surface area contributed by atoms with E-state index in [0.29, 0.717) is 5.82 Å². The van der Waals surface area contributed by atoms with Crippen molar-refractivity contribution in [3.63, 3.8) is 0 Å². The lowest BCUT2D eigenvalue weighted by Gasteiger charge is -1.93. The summed E-state index contributed by atoms with van der Waals surface area (Å²) in [6.07, 6.45) is 3.89. The number of hydrogen-bond donors (Lipinski definition) is 2. The average Bonchev–Trinajstić information content (AvgIpc) is 3.03. The van der Waals surface area contributed by atoms with E-state index in [1.54, 1.807) is 29.2 Å². The maximum Gasteiger partial charge on any atom is 0.490 e. The van der Waals surface area contributed by atoms with Crippen LogP contribution in [0.3, 0.4) is 0 Å². The molecule has 11 heteroatoms. The van der Waals surface area contributed by atoms with Crippen molar-refractivity contribution in [3.05, 3.63) is 55.2 Å². The standard InChI is InChI=1S/C9H9N3.C4H5N3.C2HF3O2/c1-12-7-9(6-11-12)8-3-2-4-10-5-8;5-4-2-1-3-6-7-4;3-2(4,5)1(6)7/h2-7H,1H3;1-3H,(H2,5,7);(H,6,7). The fraction of sp³-hybridized carbons (Fsp3) is 0.133. The molecule has 0 bridgehead atoms. The Kier molecular flexibility index (Phi) is 7.67. The normalized spacial score (nSPS) is 10.0. The number of hydrogen-bond acceptors (Lipinski definition) is 6. The first kappa shape index (κ1) is 20.5. The van der Waals surface area contributed by atoms with Gasteiger partial charge in [0.2, 0.25) is 0 Å². The van der Waals surface area contributed by atoms with Crippen molar-refractivity contribution < 1.29 is 23.1 Å². The van der Waals surface area contributed by atoms with Gasteiger partial charge in [-0.1, -0.05) is 6.07 Å². The number of nitrogens with zero attached hydrogens (tertiary/aromatic N) is 5. The number of rotatable bonds is 1. The van der Waals surface area contributed by atoms with Gasteiger partial charge in [-0.15, -0.1) is 5.10 Å². The SMILES string of the molecule is Cn1cc(-c2cccnc2)cn1.Nc1cccnn1.O=C(O)C(F)(F)F. The predicted octanol–water partition coefficient (Wildman–Crippen LogP) is 2.17. The second-order valence-corrected chi connectivity index (χ2v) is 4.60. The molecule has 0 aliphatic carbocycles. The average molecular weight is 368 g/mol. The Morgan fingerprint density at radius 2 is 1.81 bits per heavy atom. The van der Waals surface area contributed by atoms with Crippen LogP contribution < -0.4 is 5.73 Å². The first-order valence-electron chi connectivity index (χ1n) is 6.92. The molecule has 8 nitrogen and oxygen atoms in total. The van der Waals surface area contributed by atoms with Crippen molar-refractivity contribution in [2.24, 2.45) is 7.05 Å². The Morgan fingerprint density at radius 3 is 2.15 bits per heavy atom. The highest BCUT2D eigenvalue weighted by Gasteiger charge is 2.38. The lowest BCUT2D eigenvalue weighted by molar-refractivity contribution is -0.192. The van der Waals surface area contributed by atoms with Crippen LogP contribution in [0.25, 0.3) is 11.1 Å². The number of nitrogen functional groups attached to an aromatic ring is 1. The van der Waals surface area contributed by atoms with Gasteiger partial charge in [-0.05, 0) is 18.2 Å². The first-order valence-corrected chi connectivity index (χ1v) is 6.92. The molecule has 0 radical (unpaired) electrons. The predicted molar refractivity (Wildman–Crippen MR) is 86.6 cm³/mol. The summed E-state index contributed by atoms with van der Waals surface area (Å²) in [7, 11) is 1.90. The number of aromatic nitrogens is 5. The summed E-state index contributed by atoms with van der Waals surface area (Å²) >= 11 is 0. The van der Waals surface area contributed by atoms with Crippen LogP contribution in [0.2, 0.25) is 0 Å². The number of nitrogens with two attached hydrogens (primary N) is 1. The fourth-order valence-corrected chi connectivity index (χ4v) is 1.42. The van der Waals surface area contributed by atoms with E-state index >= 15 is 0 Å². The second kappa shape index (κ2) is 9.71. The quantitative estimate of drug-likeness (QED) is 0.675. The van der Waals surface area contributed by atoms with E-state index < -0.39 is 12.1 Å². The lowest BCUT2D eigenvalue weighted by atomic mass is 10.2. The largest absolute Gasteiger partial charge is 0.490 e. The number of alkyl halides is 3. The Morgan fingerprint density at radius 1 is 1.15 bits per heavy atom.